The van der Waals surface area contributed by atoms with Crippen LogP contribution in [0.5, 0.6) is 0 Å². The van der Waals surface area contributed by atoms with Crippen LogP contribution < -0.4 is 5.32 Å². The molecule has 0 aromatic heterocycles. The SMILES string of the molecule is COCCNC(=O)C(=O)c1ccc(C)cc1. The highest BCUT2D eigenvalue weighted by Crippen LogP contribution is 2.03. The quantitative estimate of drug-likeness (QED) is 0.457. The minimum absolute atomic E-state index is 0.340. The Bertz CT molecular complexity index is 370. The van der Waals surface area contributed by atoms with Gasteiger partial charge < -0.3 is 10.1 Å². The Balaban J connectivity index is 2.57. The molecule has 0 bridgehead atoms. The number of hydrogen-bond acceptors (Lipinski definition) is 3. The minimum atomic E-state index is -0.596. The standard InChI is InChI=1S/C12H15NO3/c1-9-3-5-10(6-4-9)11(14)12(15)13-7-8-16-2/h3-6H,7-8H2,1-2H3,(H,13,15). The fourth-order valence-electron chi connectivity index (χ4n) is 1.18. The van der Waals surface area contributed by atoms with Crippen LogP contribution in [0.15, 0.2) is 24.3 Å². The van der Waals surface area contributed by atoms with E-state index in [4.69, 9.17) is 4.74 Å². The van der Waals surface area contributed by atoms with E-state index >= 15 is 0 Å². The second-order valence-corrected chi connectivity index (χ2v) is 3.44. The highest BCUT2D eigenvalue weighted by molar-refractivity contribution is 6.42. The number of amides is 1. The number of hydrogen-bond donors (Lipinski definition) is 1. The van der Waals surface area contributed by atoms with Crippen LogP contribution in [0.3, 0.4) is 0 Å². The van der Waals surface area contributed by atoms with Crippen molar-refractivity contribution < 1.29 is 14.3 Å². The highest BCUT2D eigenvalue weighted by Gasteiger charge is 2.14. The molecule has 0 saturated heterocycles. The molecule has 0 aliphatic rings. The highest BCUT2D eigenvalue weighted by atomic mass is 16.5. The summed E-state index contributed by atoms with van der Waals surface area (Å²) in [5, 5.41) is 2.48. The van der Waals surface area contributed by atoms with Crippen LogP contribution in [0.2, 0.25) is 0 Å². The smallest absolute Gasteiger partial charge is 0.292 e. The van der Waals surface area contributed by atoms with Crippen LogP contribution in [0.25, 0.3) is 0 Å². The third-order valence-corrected chi connectivity index (χ3v) is 2.11. The summed E-state index contributed by atoms with van der Waals surface area (Å²) in [6.45, 7) is 2.66. The third kappa shape index (κ3) is 3.47. The summed E-state index contributed by atoms with van der Waals surface area (Å²) in [4.78, 5) is 23.0. The normalized spacial score (nSPS) is 9.88. The molecular weight excluding hydrogens is 206 g/mol. The van der Waals surface area contributed by atoms with E-state index in [-0.39, 0.29) is 0 Å². The topological polar surface area (TPSA) is 55.4 Å². The van der Waals surface area contributed by atoms with Crippen LogP contribution in [-0.4, -0.2) is 32.0 Å². The molecule has 1 aromatic carbocycles. The molecule has 1 N–H and O–H groups in total. The first-order valence-electron chi connectivity index (χ1n) is 5.03. The van der Waals surface area contributed by atoms with Crippen LogP contribution in [0.1, 0.15) is 15.9 Å². The minimum Gasteiger partial charge on any atom is -0.383 e. The lowest BCUT2D eigenvalue weighted by Gasteiger charge is -2.03. The van der Waals surface area contributed by atoms with Crippen LogP contribution in [-0.2, 0) is 9.53 Å². The molecule has 0 heterocycles. The molecule has 0 spiro atoms. The number of aryl methyl sites for hydroxylation is 1. The van der Waals surface area contributed by atoms with E-state index in [1.54, 1.807) is 24.3 Å². The van der Waals surface area contributed by atoms with E-state index in [1.807, 2.05) is 6.92 Å². The molecule has 1 aromatic rings. The van der Waals surface area contributed by atoms with Gasteiger partial charge in [-0.15, -0.1) is 0 Å². The monoisotopic (exact) mass is 221 g/mol. The van der Waals surface area contributed by atoms with Gasteiger partial charge in [-0.3, -0.25) is 9.59 Å². The second kappa shape index (κ2) is 6.02. The lowest BCUT2D eigenvalue weighted by atomic mass is 10.1. The van der Waals surface area contributed by atoms with Crippen molar-refractivity contribution in [3.63, 3.8) is 0 Å². The molecule has 86 valence electrons. The van der Waals surface area contributed by atoms with Crippen LogP contribution >= 0.6 is 0 Å². The maximum absolute atomic E-state index is 11.6. The molecule has 1 rings (SSSR count). The van der Waals surface area contributed by atoms with Crippen LogP contribution in [0, 0.1) is 6.92 Å². The molecule has 0 atom stereocenters. The second-order valence-electron chi connectivity index (χ2n) is 3.44. The van der Waals surface area contributed by atoms with Gasteiger partial charge in [0.05, 0.1) is 6.61 Å². The number of ketones is 1. The van der Waals surface area contributed by atoms with Gasteiger partial charge in [0, 0.05) is 19.2 Å². The van der Waals surface area contributed by atoms with Gasteiger partial charge in [0.1, 0.15) is 0 Å². The molecule has 0 unspecified atom stereocenters. The van der Waals surface area contributed by atoms with Gasteiger partial charge in [0.2, 0.25) is 5.78 Å². The van der Waals surface area contributed by atoms with Crippen molar-refractivity contribution in [1.82, 2.24) is 5.32 Å². The van der Waals surface area contributed by atoms with Crippen molar-refractivity contribution >= 4 is 11.7 Å². The zero-order chi connectivity index (χ0) is 12.0. The predicted molar refractivity (Wildman–Crippen MR) is 60.4 cm³/mol. The Hall–Kier alpha value is -1.68. The van der Waals surface area contributed by atoms with E-state index in [0.29, 0.717) is 18.7 Å². The fraction of sp³-hybridized carbons (Fsp3) is 0.333. The number of carbonyl (C=O) groups is 2. The molecule has 4 nitrogen and oxygen atoms in total. The van der Waals surface area contributed by atoms with Crippen molar-refractivity contribution in [2.24, 2.45) is 0 Å². The number of benzene rings is 1. The Labute approximate surface area is 94.6 Å². The molecular formula is C12H15NO3. The first kappa shape index (κ1) is 12.4. The van der Waals surface area contributed by atoms with E-state index in [2.05, 4.69) is 5.32 Å². The summed E-state index contributed by atoms with van der Waals surface area (Å²) in [6, 6.07) is 6.90. The zero-order valence-corrected chi connectivity index (χ0v) is 9.45. The van der Waals surface area contributed by atoms with Gasteiger partial charge >= 0.3 is 0 Å². The number of rotatable bonds is 5. The van der Waals surface area contributed by atoms with Crippen molar-refractivity contribution in [3.8, 4) is 0 Å². The van der Waals surface area contributed by atoms with Gasteiger partial charge in [0.25, 0.3) is 5.91 Å². The first-order chi connectivity index (χ1) is 7.65. The predicted octanol–water partition coefficient (Wildman–Crippen LogP) is 0.940. The van der Waals surface area contributed by atoms with Crippen LogP contribution in [0.4, 0.5) is 0 Å². The average Bonchev–Trinajstić information content (AvgIpc) is 2.29. The van der Waals surface area contributed by atoms with E-state index in [1.165, 1.54) is 7.11 Å². The largest absolute Gasteiger partial charge is 0.383 e. The molecule has 0 saturated carbocycles. The molecule has 0 fully saturated rings. The molecule has 16 heavy (non-hydrogen) atoms. The number of ether oxygens (including phenoxy) is 1. The van der Waals surface area contributed by atoms with E-state index < -0.39 is 11.7 Å². The lowest BCUT2D eigenvalue weighted by molar-refractivity contribution is -0.117. The maximum atomic E-state index is 11.6. The fourth-order valence-corrected chi connectivity index (χ4v) is 1.18. The molecule has 0 aliphatic heterocycles. The molecule has 0 aliphatic carbocycles. The van der Waals surface area contributed by atoms with Crippen molar-refractivity contribution in [3.05, 3.63) is 35.4 Å². The Kier molecular flexibility index (Phi) is 4.66. The summed E-state index contributed by atoms with van der Waals surface area (Å²) in [6.07, 6.45) is 0. The van der Waals surface area contributed by atoms with Gasteiger partial charge in [-0.2, -0.15) is 0 Å². The summed E-state index contributed by atoms with van der Waals surface area (Å²) >= 11 is 0. The van der Waals surface area contributed by atoms with Crippen molar-refractivity contribution in [2.45, 2.75) is 6.92 Å². The zero-order valence-electron chi connectivity index (χ0n) is 9.45. The molecule has 1 amide bonds. The lowest BCUT2D eigenvalue weighted by Crippen LogP contribution is -2.33. The first-order valence-corrected chi connectivity index (χ1v) is 5.03. The van der Waals surface area contributed by atoms with Gasteiger partial charge in [-0.1, -0.05) is 29.8 Å². The van der Waals surface area contributed by atoms with Gasteiger partial charge in [-0.05, 0) is 6.92 Å². The number of nitrogens with one attached hydrogen (secondary N) is 1. The van der Waals surface area contributed by atoms with Gasteiger partial charge in [0.15, 0.2) is 0 Å². The molecule has 0 radical (unpaired) electrons. The summed E-state index contributed by atoms with van der Waals surface area (Å²) in [5.74, 6) is -1.11. The van der Waals surface area contributed by atoms with E-state index in [9.17, 15) is 9.59 Å². The van der Waals surface area contributed by atoms with Crippen molar-refractivity contribution in [2.75, 3.05) is 20.3 Å². The van der Waals surface area contributed by atoms with Crippen molar-refractivity contribution in [1.29, 1.82) is 0 Å². The Morgan fingerprint density at radius 2 is 1.88 bits per heavy atom. The Morgan fingerprint density at radius 1 is 1.25 bits per heavy atom. The number of methoxy groups -OCH3 is 1. The maximum Gasteiger partial charge on any atom is 0.292 e. The average molecular weight is 221 g/mol. The summed E-state index contributed by atoms with van der Waals surface area (Å²) in [7, 11) is 1.54. The Morgan fingerprint density at radius 3 is 2.44 bits per heavy atom. The summed E-state index contributed by atoms with van der Waals surface area (Å²) in [5.41, 5.74) is 1.46. The van der Waals surface area contributed by atoms with E-state index in [0.717, 1.165) is 5.56 Å². The molecule has 4 heteroatoms. The summed E-state index contributed by atoms with van der Waals surface area (Å²) < 4.78 is 4.77. The van der Waals surface area contributed by atoms with Gasteiger partial charge in [-0.25, -0.2) is 0 Å². The number of Topliss-reactive ketones (excluding diaryl/α,β-unsaturated/α-hetero) is 1. The third-order valence-electron chi connectivity index (χ3n) is 2.11. The number of carbonyl (C=O) groups excluding carboxylic acids is 2.